The molecule has 0 amide bonds. The average molecular weight is 290 g/mol. The standard InChI is InChI=1S/C17H20ClNO/c1-3-20-17-7-5-4-6-15(17)12-19-13(2)14-8-10-16(18)11-9-14/h4-11,13,19H,3,12H2,1-2H3/t13-/m0/s1. The lowest BCUT2D eigenvalue weighted by Crippen LogP contribution is -2.18. The van der Waals surface area contributed by atoms with Crippen molar-refractivity contribution in [3.8, 4) is 5.75 Å². The van der Waals surface area contributed by atoms with Crippen LogP contribution in [0.1, 0.15) is 31.0 Å². The number of rotatable bonds is 6. The van der Waals surface area contributed by atoms with Gasteiger partial charge in [-0.15, -0.1) is 0 Å². The monoisotopic (exact) mass is 289 g/mol. The first kappa shape index (κ1) is 14.9. The molecule has 3 heteroatoms. The molecule has 0 radical (unpaired) electrons. The highest BCUT2D eigenvalue weighted by molar-refractivity contribution is 6.30. The third kappa shape index (κ3) is 3.99. The molecule has 0 saturated carbocycles. The van der Waals surface area contributed by atoms with Crippen LogP contribution < -0.4 is 10.1 Å². The molecule has 106 valence electrons. The van der Waals surface area contributed by atoms with Gasteiger partial charge in [-0.3, -0.25) is 0 Å². The average Bonchev–Trinajstić information content (AvgIpc) is 2.47. The van der Waals surface area contributed by atoms with Crippen molar-refractivity contribution in [2.45, 2.75) is 26.4 Å². The summed E-state index contributed by atoms with van der Waals surface area (Å²) in [4.78, 5) is 0. The molecule has 0 aliphatic rings. The molecule has 0 heterocycles. The number of ether oxygens (including phenoxy) is 1. The minimum Gasteiger partial charge on any atom is -0.494 e. The van der Waals surface area contributed by atoms with Crippen molar-refractivity contribution in [1.29, 1.82) is 0 Å². The van der Waals surface area contributed by atoms with E-state index in [0.717, 1.165) is 17.3 Å². The van der Waals surface area contributed by atoms with Gasteiger partial charge in [0.25, 0.3) is 0 Å². The van der Waals surface area contributed by atoms with Gasteiger partial charge in [0.05, 0.1) is 6.61 Å². The summed E-state index contributed by atoms with van der Waals surface area (Å²) in [6, 6.07) is 16.3. The van der Waals surface area contributed by atoms with Gasteiger partial charge in [-0.1, -0.05) is 41.9 Å². The second kappa shape index (κ2) is 7.32. The van der Waals surface area contributed by atoms with E-state index in [4.69, 9.17) is 16.3 Å². The maximum atomic E-state index is 5.91. The van der Waals surface area contributed by atoms with Crippen molar-refractivity contribution in [2.75, 3.05) is 6.61 Å². The number of hydrogen-bond donors (Lipinski definition) is 1. The first-order chi connectivity index (χ1) is 9.70. The van der Waals surface area contributed by atoms with Crippen LogP contribution in [0.15, 0.2) is 48.5 Å². The van der Waals surface area contributed by atoms with Crippen molar-refractivity contribution in [3.63, 3.8) is 0 Å². The van der Waals surface area contributed by atoms with E-state index in [0.29, 0.717) is 6.61 Å². The predicted molar refractivity (Wildman–Crippen MR) is 84.3 cm³/mol. The second-order valence-corrected chi connectivity index (χ2v) is 5.13. The molecule has 0 aromatic heterocycles. The first-order valence-corrected chi connectivity index (χ1v) is 7.28. The van der Waals surface area contributed by atoms with E-state index in [2.05, 4.69) is 30.4 Å². The summed E-state index contributed by atoms with van der Waals surface area (Å²) in [7, 11) is 0. The molecule has 0 spiro atoms. The van der Waals surface area contributed by atoms with Crippen LogP contribution in [0.4, 0.5) is 0 Å². The van der Waals surface area contributed by atoms with Crippen LogP contribution in [0.5, 0.6) is 5.75 Å². The number of para-hydroxylation sites is 1. The molecule has 1 atom stereocenters. The molecule has 2 aromatic carbocycles. The molecule has 0 bridgehead atoms. The fourth-order valence-electron chi connectivity index (χ4n) is 2.08. The third-order valence-corrected chi connectivity index (χ3v) is 3.49. The normalized spacial score (nSPS) is 12.2. The van der Waals surface area contributed by atoms with Gasteiger partial charge in [0.15, 0.2) is 0 Å². The van der Waals surface area contributed by atoms with Crippen LogP contribution in [-0.4, -0.2) is 6.61 Å². The van der Waals surface area contributed by atoms with Crippen LogP contribution in [0.3, 0.4) is 0 Å². The van der Waals surface area contributed by atoms with Gasteiger partial charge in [-0.05, 0) is 37.6 Å². The Morgan fingerprint density at radius 2 is 1.80 bits per heavy atom. The van der Waals surface area contributed by atoms with Crippen molar-refractivity contribution in [3.05, 3.63) is 64.7 Å². The van der Waals surface area contributed by atoms with Gasteiger partial charge in [-0.25, -0.2) is 0 Å². The Labute approximate surface area is 125 Å². The van der Waals surface area contributed by atoms with Crippen LogP contribution in [0, 0.1) is 0 Å². The van der Waals surface area contributed by atoms with E-state index in [-0.39, 0.29) is 6.04 Å². The van der Waals surface area contributed by atoms with Gasteiger partial charge >= 0.3 is 0 Å². The van der Waals surface area contributed by atoms with E-state index < -0.39 is 0 Å². The molecule has 0 fully saturated rings. The molecule has 0 aliphatic carbocycles. The van der Waals surface area contributed by atoms with E-state index in [1.54, 1.807) is 0 Å². The Morgan fingerprint density at radius 3 is 2.50 bits per heavy atom. The van der Waals surface area contributed by atoms with Gasteiger partial charge in [0, 0.05) is 23.2 Å². The summed E-state index contributed by atoms with van der Waals surface area (Å²) in [5, 5.41) is 4.28. The lowest BCUT2D eigenvalue weighted by atomic mass is 10.1. The summed E-state index contributed by atoms with van der Waals surface area (Å²) in [5.41, 5.74) is 2.40. The third-order valence-electron chi connectivity index (χ3n) is 3.24. The van der Waals surface area contributed by atoms with E-state index in [1.165, 1.54) is 11.1 Å². The summed E-state index contributed by atoms with van der Waals surface area (Å²) < 4.78 is 5.63. The molecule has 20 heavy (non-hydrogen) atoms. The molecule has 2 nitrogen and oxygen atoms in total. The highest BCUT2D eigenvalue weighted by atomic mass is 35.5. The summed E-state index contributed by atoms with van der Waals surface area (Å²) in [5.74, 6) is 0.950. The fourth-order valence-corrected chi connectivity index (χ4v) is 2.20. The Hall–Kier alpha value is -1.51. The Morgan fingerprint density at radius 1 is 1.10 bits per heavy atom. The molecule has 1 N–H and O–H groups in total. The molecule has 0 aliphatic heterocycles. The fraction of sp³-hybridized carbons (Fsp3) is 0.294. The zero-order chi connectivity index (χ0) is 14.4. The number of nitrogens with one attached hydrogen (secondary N) is 1. The zero-order valence-corrected chi connectivity index (χ0v) is 12.7. The summed E-state index contributed by atoms with van der Waals surface area (Å²) in [6.07, 6.45) is 0. The van der Waals surface area contributed by atoms with E-state index in [1.807, 2.05) is 37.3 Å². The molecule has 0 saturated heterocycles. The van der Waals surface area contributed by atoms with Crippen molar-refractivity contribution in [1.82, 2.24) is 5.32 Å². The summed E-state index contributed by atoms with van der Waals surface area (Å²) in [6.45, 7) is 5.61. The predicted octanol–water partition coefficient (Wildman–Crippen LogP) is 4.59. The lowest BCUT2D eigenvalue weighted by molar-refractivity contribution is 0.335. The topological polar surface area (TPSA) is 21.3 Å². The molecular formula is C17H20ClNO. The quantitative estimate of drug-likeness (QED) is 0.840. The molecule has 2 rings (SSSR count). The summed E-state index contributed by atoms with van der Waals surface area (Å²) >= 11 is 5.91. The Bertz CT molecular complexity index is 539. The van der Waals surface area contributed by atoms with E-state index >= 15 is 0 Å². The van der Waals surface area contributed by atoms with E-state index in [9.17, 15) is 0 Å². The van der Waals surface area contributed by atoms with Crippen molar-refractivity contribution >= 4 is 11.6 Å². The number of hydrogen-bond acceptors (Lipinski definition) is 2. The van der Waals surface area contributed by atoms with Gasteiger partial charge in [-0.2, -0.15) is 0 Å². The molecule has 2 aromatic rings. The van der Waals surface area contributed by atoms with Crippen LogP contribution >= 0.6 is 11.6 Å². The zero-order valence-electron chi connectivity index (χ0n) is 11.9. The van der Waals surface area contributed by atoms with Crippen LogP contribution in [0.25, 0.3) is 0 Å². The largest absolute Gasteiger partial charge is 0.494 e. The number of benzene rings is 2. The first-order valence-electron chi connectivity index (χ1n) is 6.90. The Balaban J connectivity index is 1.99. The maximum Gasteiger partial charge on any atom is 0.123 e. The highest BCUT2D eigenvalue weighted by Crippen LogP contribution is 2.20. The number of halogens is 1. The lowest BCUT2D eigenvalue weighted by Gasteiger charge is -2.16. The minimum atomic E-state index is 0.266. The SMILES string of the molecule is CCOc1ccccc1CN[C@@H](C)c1ccc(Cl)cc1. The Kier molecular flexibility index (Phi) is 5.45. The maximum absolute atomic E-state index is 5.91. The minimum absolute atomic E-state index is 0.266. The molecule has 0 unspecified atom stereocenters. The van der Waals surface area contributed by atoms with Crippen molar-refractivity contribution in [2.24, 2.45) is 0 Å². The van der Waals surface area contributed by atoms with Crippen LogP contribution in [0.2, 0.25) is 5.02 Å². The molecular weight excluding hydrogens is 270 g/mol. The van der Waals surface area contributed by atoms with Gasteiger partial charge in [0.2, 0.25) is 0 Å². The highest BCUT2D eigenvalue weighted by Gasteiger charge is 2.07. The van der Waals surface area contributed by atoms with Gasteiger partial charge in [0.1, 0.15) is 5.75 Å². The van der Waals surface area contributed by atoms with Gasteiger partial charge < -0.3 is 10.1 Å². The smallest absolute Gasteiger partial charge is 0.123 e. The second-order valence-electron chi connectivity index (χ2n) is 4.69. The van der Waals surface area contributed by atoms with Crippen molar-refractivity contribution < 1.29 is 4.74 Å². The van der Waals surface area contributed by atoms with Crippen LogP contribution in [-0.2, 0) is 6.54 Å².